The van der Waals surface area contributed by atoms with Gasteiger partial charge in [0, 0.05) is 19.5 Å². The third kappa shape index (κ3) is 2.23. The summed E-state index contributed by atoms with van der Waals surface area (Å²) in [7, 11) is 0. The van der Waals surface area contributed by atoms with Crippen molar-refractivity contribution in [3.05, 3.63) is 11.9 Å². The van der Waals surface area contributed by atoms with Crippen LogP contribution in [0.4, 0.5) is 0 Å². The number of aromatic nitrogens is 4. The van der Waals surface area contributed by atoms with E-state index < -0.39 is 0 Å². The maximum atomic E-state index is 11.4. The van der Waals surface area contributed by atoms with E-state index in [-0.39, 0.29) is 5.91 Å². The number of carbonyl (C=O) groups excluding carboxylic acids is 1. The molecule has 0 bridgehead atoms. The normalized spacial score (nSPS) is 11.1. The number of nitrogens with one attached hydrogen (secondary N) is 1. The molecule has 0 aliphatic rings. The van der Waals surface area contributed by atoms with Crippen molar-refractivity contribution >= 4 is 16.9 Å². The minimum atomic E-state index is 0.0571. The van der Waals surface area contributed by atoms with Crippen molar-refractivity contribution in [2.24, 2.45) is 0 Å². The van der Waals surface area contributed by atoms with Gasteiger partial charge in [0.1, 0.15) is 11.0 Å². The maximum Gasteiger partial charge on any atom is 0.221 e. The van der Waals surface area contributed by atoms with Crippen LogP contribution >= 0.6 is 0 Å². The van der Waals surface area contributed by atoms with E-state index in [1.54, 1.807) is 0 Å². The SMILES string of the molecule is CCNC(=O)CCn1ncc2c1c(C)nn2CC. The van der Waals surface area contributed by atoms with Crippen molar-refractivity contribution in [2.75, 3.05) is 6.54 Å². The van der Waals surface area contributed by atoms with E-state index in [2.05, 4.69) is 22.4 Å². The van der Waals surface area contributed by atoms with E-state index in [1.807, 2.05) is 29.4 Å². The van der Waals surface area contributed by atoms with Gasteiger partial charge in [-0.3, -0.25) is 14.2 Å². The molecule has 0 unspecified atom stereocenters. The minimum absolute atomic E-state index is 0.0571. The molecule has 0 aliphatic carbocycles. The smallest absolute Gasteiger partial charge is 0.221 e. The summed E-state index contributed by atoms with van der Waals surface area (Å²) in [6, 6.07) is 0. The number of hydrogen-bond donors (Lipinski definition) is 1. The molecule has 2 heterocycles. The summed E-state index contributed by atoms with van der Waals surface area (Å²) >= 11 is 0. The van der Waals surface area contributed by atoms with Crippen LogP contribution in [0.1, 0.15) is 26.0 Å². The molecule has 2 aromatic rings. The van der Waals surface area contributed by atoms with Crippen molar-refractivity contribution in [1.82, 2.24) is 24.9 Å². The van der Waals surface area contributed by atoms with E-state index in [4.69, 9.17) is 0 Å². The molecule has 0 saturated carbocycles. The van der Waals surface area contributed by atoms with Gasteiger partial charge in [-0.2, -0.15) is 10.2 Å². The van der Waals surface area contributed by atoms with Crippen molar-refractivity contribution < 1.29 is 4.79 Å². The predicted octanol–water partition coefficient (Wildman–Crippen LogP) is 1.09. The summed E-state index contributed by atoms with van der Waals surface area (Å²) in [6.07, 6.45) is 2.26. The molecule has 6 heteroatoms. The average Bonchev–Trinajstić information content (AvgIpc) is 2.89. The molecule has 1 N–H and O–H groups in total. The van der Waals surface area contributed by atoms with Crippen molar-refractivity contribution in [3.8, 4) is 0 Å². The molecular formula is C12H19N5O. The Balaban J connectivity index is 2.19. The molecule has 0 atom stereocenters. The monoisotopic (exact) mass is 249 g/mol. The zero-order valence-electron chi connectivity index (χ0n) is 11.1. The van der Waals surface area contributed by atoms with Crippen LogP contribution in [0.3, 0.4) is 0 Å². The minimum Gasteiger partial charge on any atom is -0.356 e. The lowest BCUT2D eigenvalue weighted by Gasteiger charge is -2.03. The van der Waals surface area contributed by atoms with Crippen LogP contribution in [-0.2, 0) is 17.9 Å². The Labute approximate surface area is 106 Å². The zero-order valence-corrected chi connectivity index (χ0v) is 11.1. The van der Waals surface area contributed by atoms with Gasteiger partial charge in [-0.25, -0.2) is 0 Å². The Hall–Kier alpha value is -1.85. The predicted molar refractivity (Wildman–Crippen MR) is 69.2 cm³/mol. The number of carbonyl (C=O) groups is 1. The molecule has 1 amide bonds. The van der Waals surface area contributed by atoms with Gasteiger partial charge in [0.2, 0.25) is 5.91 Å². The van der Waals surface area contributed by atoms with E-state index >= 15 is 0 Å². The molecule has 0 saturated heterocycles. The van der Waals surface area contributed by atoms with E-state index in [0.717, 1.165) is 23.3 Å². The summed E-state index contributed by atoms with van der Waals surface area (Å²) in [5.41, 5.74) is 3.02. The number of amides is 1. The molecule has 0 radical (unpaired) electrons. The van der Waals surface area contributed by atoms with Crippen molar-refractivity contribution in [3.63, 3.8) is 0 Å². The lowest BCUT2D eigenvalue weighted by molar-refractivity contribution is -0.121. The van der Waals surface area contributed by atoms with Gasteiger partial charge in [-0.15, -0.1) is 0 Å². The molecule has 98 valence electrons. The van der Waals surface area contributed by atoms with Crippen LogP contribution in [0.5, 0.6) is 0 Å². The van der Waals surface area contributed by atoms with Gasteiger partial charge >= 0.3 is 0 Å². The fourth-order valence-electron chi connectivity index (χ4n) is 2.12. The number of nitrogens with zero attached hydrogens (tertiary/aromatic N) is 4. The zero-order chi connectivity index (χ0) is 13.1. The lowest BCUT2D eigenvalue weighted by Crippen LogP contribution is -2.23. The summed E-state index contributed by atoms with van der Waals surface area (Å²) in [4.78, 5) is 11.4. The van der Waals surface area contributed by atoms with Crippen molar-refractivity contribution in [1.29, 1.82) is 0 Å². The Bertz CT molecular complexity index is 554. The second-order valence-corrected chi connectivity index (χ2v) is 4.21. The first-order chi connectivity index (χ1) is 8.67. The number of rotatable bonds is 5. The first kappa shape index (κ1) is 12.6. The van der Waals surface area contributed by atoms with Gasteiger partial charge in [0.15, 0.2) is 0 Å². The molecule has 18 heavy (non-hydrogen) atoms. The topological polar surface area (TPSA) is 64.7 Å². The maximum absolute atomic E-state index is 11.4. The molecule has 0 fully saturated rings. The van der Waals surface area contributed by atoms with Gasteiger partial charge in [0.05, 0.1) is 18.4 Å². The highest BCUT2D eigenvalue weighted by atomic mass is 16.1. The number of fused-ring (bicyclic) bond motifs is 1. The fraction of sp³-hybridized carbons (Fsp3) is 0.583. The van der Waals surface area contributed by atoms with E-state index in [1.165, 1.54) is 0 Å². The first-order valence-electron chi connectivity index (χ1n) is 6.33. The summed E-state index contributed by atoms with van der Waals surface area (Å²) in [5.74, 6) is 0.0571. The fourth-order valence-corrected chi connectivity index (χ4v) is 2.12. The standard InChI is InChI=1S/C12H19N5O/c1-4-13-11(18)6-7-17-12-9(3)15-16(5-2)10(12)8-14-17/h8H,4-7H2,1-3H3,(H,13,18). The van der Waals surface area contributed by atoms with Crippen LogP contribution in [0.25, 0.3) is 11.0 Å². The second kappa shape index (κ2) is 5.20. The highest BCUT2D eigenvalue weighted by Gasteiger charge is 2.13. The third-order valence-corrected chi connectivity index (χ3v) is 2.94. The largest absolute Gasteiger partial charge is 0.356 e. The second-order valence-electron chi connectivity index (χ2n) is 4.21. The highest BCUT2D eigenvalue weighted by molar-refractivity contribution is 5.78. The lowest BCUT2D eigenvalue weighted by atomic mass is 10.3. The van der Waals surface area contributed by atoms with Crippen LogP contribution in [0.15, 0.2) is 6.20 Å². The molecule has 0 aromatic carbocycles. The van der Waals surface area contributed by atoms with Crippen LogP contribution in [0, 0.1) is 6.92 Å². The number of aryl methyl sites for hydroxylation is 3. The Morgan fingerprint density at radius 3 is 2.83 bits per heavy atom. The molecule has 0 aliphatic heterocycles. The van der Waals surface area contributed by atoms with E-state index in [0.29, 0.717) is 19.5 Å². The Morgan fingerprint density at radius 1 is 1.39 bits per heavy atom. The highest BCUT2D eigenvalue weighted by Crippen LogP contribution is 2.17. The Morgan fingerprint density at radius 2 is 2.17 bits per heavy atom. The molecule has 0 spiro atoms. The van der Waals surface area contributed by atoms with Crippen LogP contribution in [0.2, 0.25) is 0 Å². The molecule has 6 nitrogen and oxygen atoms in total. The molecule has 2 rings (SSSR count). The summed E-state index contributed by atoms with van der Waals surface area (Å²) < 4.78 is 3.79. The van der Waals surface area contributed by atoms with Gasteiger partial charge < -0.3 is 5.32 Å². The van der Waals surface area contributed by atoms with E-state index in [9.17, 15) is 4.79 Å². The summed E-state index contributed by atoms with van der Waals surface area (Å²) in [6.45, 7) is 8.02. The van der Waals surface area contributed by atoms with Gasteiger partial charge in [-0.05, 0) is 20.8 Å². The summed E-state index contributed by atoms with van der Waals surface area (Å²) in [5, 5.41) is 11.6. The average molecular weight is 249 g/mol. The third-order valence-electron chi connectivity index (χ3n) is 2.94. The Kier molecular flexibility index (Phi) is 3.64. The van der Waals surface area contributed by atoms with Crippen molar-refractivity contribution in [2.45, 2.75) is 40.3 Å². The number of hydrogen-bond acceptors (Lipinski definition) is 3. The van der Waals surface area contributed by atoms with Crippen LogP contribution in [-0.4, -0.2) is 32.0 Å². The van der Waals surface area contributed by atoms with Crippen LogP contribution < -0.4 is 5.32 Å². The quantitative estimate of drug-likeness (QED) is 0.862. The van der Waals surface area contributed by atoms with Gasteiger partial charge in [0.25, 0.3) is 0 Å². The first-order valence-corrected chi connectivity index (χ1v) is 6.33. The van der Waals surface area contributed by atoms with Gasteiger partial charge in [-0.1, -0.05) is 0 Å². The molecular weight excluding hydrogens is 230 g/mol. The molecule has 2 aromatic heterocycles.